The molecule has 2 aliphatic heterocycles. The van der Waals surface area contributed by atoms with Crippen LogP contribution in [-0.4, -0.2) is 37.4 Å². The molecule has 2 aromatic heterocycles. The maximum Gasteiger partial charge on any atom is 0.275 e. The maximum atomic E-state index is 13.0. The molecule has 0 bridgehead atoms. The molecule has 11 heteroatoms. The van der Waals surface area contributed by atoms with E-state index < -0.39 is 0 Å². The van der Waals surface area contributed by atoms with Gasteiger partial charge in [0.1, 0.15) is 23.1 Å². The Hall–Kier alpha value is -6.85. The van der Waals surface area contributed by atoms with Crippen molar-refractivity contribution < 1.29 is 17.6 Å². The molecule has 0 unspecified atom stereocenters. The van der Waals surface area contributed by atoms with E-state index in [1.54, 1.807) is 49.1 Å². The lowest BCUT2D eigenvalue weighted by Crippen LogP contribution is -2.23. The number of nitrogens with zero attached hydrogens (tertiary/aromatic N) is 6. The highest BCUT2D eigenvalue weighted by Gasteiger charge is 2.19. The number of imidazole rings is 1. The zero-order valence-electron chi connectivity index (χ0n) is 28.4. The summed E-state index contributed by atoms with van der Waals surface area (Å²) >= 11 is 0. The molecule has 53 heavy (non-hydrogen) atoms. The van der Waals surface area contributed by atoms with E-state index in [9.17, 15) is 13.2 Å². The fraction of sp³-hybridized carbons (Fsp3) is 0.143. The van der Waals surface area contributed by atoms with Gasteiger partial charge in [-0.3, -0.25) is 0 Å². The van der Waals surface area contributed by atoms with Gasteiger partial charge in [-0.2, -0.15) is 0 Å². The van der Waals surface area contributed by atoms with Gasteiger partial charge in [0.15, 0.2) is 11.6 Å². The molecule has 0 saturated carbocycles. The molecule has 0 amide bonds. The summed E-state index contributed by atoms with van der Waals surface area (Å²) in [7, 11) is 0. The van der Waals surface area contributed by atoms with Crippen LogP contribution in [0.2, 0.25) is 0 Å². The molecular formula is C42H32F3N7O. The maximum absolute atomic E-state index is 13.0. The first-order valence-electron chi connectivity index (χ1n) is 16.8. The minimum atomic E-state index is -0.256. The van der Waals surface area contributed by atoms with Crippen LogP contribution in [0, 0.1) is 41.1 Å². The van der Waals surface area contributed by atoms with Crippen LogP contribution in [0.15, 0.2) is 118 Å². The van der Waals surface area contributed by atoms with Crippen molar-refractivity contribution in [2.75, 3.05) is 0 Å². The molecule has 0 fully saturated rings. The zero-order chi connectivity index (χ0) is 36.4. The van der Waals surface area contributed by atoms with E-state index in [1.807, 2.05) is 40.1 Å². The van der Waals surface area contributed by atoms with Gasteiger partial charge in [0.05, 0.1) is 31.5 Å². The third-order valence-electron chi connectivity index (χ3n) is 8.17. The van der Waals surface area contributed by atoms with Gasteiger partial charge >= 0.3 is 0 Å². The Labute approximate surface area is 304 Å². The van der Waals surface area contributed by atoms with Crippen LogP contribution >= 0.6 is 0 Å². The lowest BCUT2D eigenvalue weighted by atomic mass is 10.1. The third-order valence-corrected chi connectivity index (χ3v) is 8.17. The standard InChI is InChI=1S/C21H16F2N4.C21H16FN3O/c22-17-8-4-15(5-9-17)2-1-3-20-25-19-13-27(14-24-21(19)26-20)12-16-6-10-18(23)11-7-16;22-18-11-9-17(10-12-18)13-25-14-19-21(23-15-25)26-20(24-19)8-4-7-16-5-2-1-3-6-16/h4-11,14H,2,12-13H2,(H,25,26);1-3,5-6,9-12,15H,7,13-14H2. The van der Waals surface area contributed by atoms with Crippen LogP contribution in [0.3, 0.4) is 0 Å². The van der Waals surface area contributed by atoms with Gasteiger partial charge in [0, 0.05) is 25.9 Å². The minimum absolute atomic E-state index is 0.237. The van der Waals surface area contributed by atoms with Crippen molar-refractivity contribution in [2.24, 2.45) is 9.98 Å². The summed E-state index contributed by atoms with van der Waals surface area (Å²) in [4.78, 5) is 24.7. The van der Waals surface area contributed by atoms with Crippen molar-refractivity contribution >= 4 is 24.4 Å². The molecule has 8 nitrogen and oxygen atoms in total. The second-order valence-corrected chi connectivity index (χ2v) is 12.3. The van der Waals surface area contributed by atoms with Gasteiger partial charge in [-0.15, -0.1) is 0 Å². The molecule has 0 saturated heterocycles. The first-order valence-corrected chi connectivity index (χ1v) is 16.8. The number of fused-ring (bicyclic) bond motifs is 2. The monoisotopic (exact) mass is 707 g/mol. The average molecular weight is 708 g/mol. The molecule has 6 aromatic rings. The molecule has 0 aliphatic carbocycles. The summed E-state index contributed by atoms with van der Waals surface area (Å²) in [5, 5.41) is 0. The minimum Gasteiger partial charge on any atom is -0.411 e. The number of aromatic amines is 1. The van der Waals surface area contributed by atoms with Crippen LogP contribution in [0.1, 0.15) is 45.4 Å². The number of nitrogens with one attached hydrogen (secondary N) is 1. The summed E-state index contributed by atoms with van der Waals surface area (Å²) in [5.74, 6) is 13.4. The summed E-state index contributed by atoms with van der Waals surface area (Å²) in [6.45, 7) is 2.47. The molecule has 262 valence electrons. The Morgan fingerprint density at radius 3 is 1.79 bits per heavy atom. The van der Waals surface area contributed by atoms with Crippen molar-refractivity contribution in [1.82, 2.24) is 24.8 Å². The Bertz CT molecular complexity index is 2340. The van der Waals surface area contributed by atoms with Gasteiger partial charge in [0.25, 0.3) is 5.89 Å². The topological polar surface area (TPSA) is 85.9 Å². The van der Waals surface area contributed by atoms with Gasteiger partial charge in [0.2, 0.25) is 5.88 Å². The quantitative estimate of drug-likeness (QED) is 0.177. The van der Waals surface area contributed by atoms with Crippen molar-refractivity contribution in [1.29, 1.82) is 0 Å². The molecule has 0 spiro atoms. The number of rotatable bonds is 6. The normalized spacial score (nSPS) is 12.4. The van der Waals surface area contributed by atoms with Crippen molar-refractivity contribution in [2.45, 2.75) is 39.0 Å². The van der Waals surface area contributed by atoms with Crippen LogP contribution in [-0.2, 0) is 39.0 Å². The molecule has 2 aliphatic rings. The van der Waals surface area contributed by atoms with Crippen LogP contribution in [0.5, 0.6) is 0 Å². The zero-order valence-corrected chi connectivity index (χ0v) is 28.4. The van der Waals surface area contributed by atoms with Crippen molar-refractivity contribution in [3.63, 3.8) is 0 Å². The highest BCUT2D eigenvalue weighted by Crippen LogP contribution is 2.26. The van der Waals surface area contributed by atoms with Crippen LogP contribution < -0.4 is 0 Å². The smallest absolute Gasteiger partial charge is 0.275 e. The molecule has 8 rings (SSSR count). The third kappa shape index (κ3) is 9.69. The van der Waals surface area contributed by atoms with Crippen molar-refractivity contribution in [3.8, 4) is 23.7 Å². The van der Waals surface area contributed by atoms with E-state index in [0.717, 1.165) is 33.6 Å². The predicted octanol–water partition coefficient (Wildman–Crippen LogP) is 8.04. The molecule has 4 heterocycles. The number of hydrogen-bond acceptors (Lipinski definition) is 7. The number of benzene rings is 4. The number of aliphatic imine (C=N–C) groups is 2. The largest absolute Gasteiger partial charge is 0.411 e. The summed E-state index contributed by atoms with van der Waals surface area (Å²) < 4.78 is 44.5. The van der Waals surface area contributed by atoms with E-state index in [1.165, 1.54) is 36.4 Å². The number of hydrogen-bond donors (Lipinski definition) is 1. The number of oxazole rings is 1. The van der Waals surface area contributed by atoms with E-state index in [-0.39, 0.29) is 17.5 Å². The fourth-order valence-electron chi connectivity index (χ4n) is 5.52. The molecule has 0 atom stereocenters. The van der Waals surface area contributed by atoms with Gasteiger partial charge < -0.3 is 19.2 Å². The van der Waals surface area contributed by atoms with Crippen molar-refractivity contribution in [3.05, 3.63) is 166 Å². The number of aromatic nitrogens is 3. The van der Waals surface area contributed by atoms with Gasteiger partial charge in [-0.25, -0.2) is 33.1 Å². The Balaban J connectivity index is 0.000000164. The molecule has 1 N–H and O–H groups in total. The second-order valence-electron chi connectivity index (χ2n) is 12.3. The second kappa shape index (κ2) is 16.4. The highest BCUT2D eigenvalue weighted by atomic mass is 19.1. The van der Waals surface area contributed by atoms with Crippen LogP contribution in [0.4, 0.5) is 24.9 Å². The lowest BCUT2D eigenvalue weighted by molar-refractivity contribution is 0.404. The average Bonchev–Trinajstić information content (AvgIpc) is 3.78. The van der Waals surface area contributed by atoms with Crippen LogP contribution in [0.25, 0.3) is 0 Å². The first-order chi connectivity index (χ1) is 25.9. The Morgan fingerprint density at radius 2 is 1.15 bits per heavy atom. The lowest BCUT2D eigenvalue weighted by Gasteiger charge is -2.21. The summed E-state index contributed by atoms with van der Waals surface area (Å²) in [6, 6.07) is 29.2. The van der Waals surface area contributed by atoms with E-state index in [0.29, 0.717) is 62.4 Å². The van der Waals surface area contributed by atoms with Gasteiger partial charge in [-0.05, 0) is 70.5 Å². The fourth-order valence-corrected chi connectivity index (χ4v) is 5.52. The number of H-pyrrole nitrogens is 1. The molecule has 0 radical (unpaired) electrons. The SMILES string of the molecule is Fc1ccc(CC#Cc2nc3c([nH]2)CN(Cc2ccc(F)cc2)C=N3)cc1.Fc1ccc(CN2C=Nc3oc(C#CCc4ccccc4)nc3C2)cc1. The van der Waals surface area contributed by atoms with E-state index >= 15 is 0 Å². The predicted molar refractivity (Wildman–Crippen MR) is 197 cm³/mol. The first kappa shape index (κ1) is 34.6. The Morgan fingerprint density at radius 1 is 0.604 bits per heavy atom. The van der Waals surface area contributed by atoms with Gasteiger partial charge in [-0.1, -0.05) is 78.6 Å². The molecular weight excluding hydrogens is 676 g/mol. The number of halogens is 3. The summed E-state index contributed by atoms with van der Waals surface area (Å²) in [6.07, 6.45) is 4.62. The molecule has 4 aromatic carbocycles. The van der Waals surface area contributed by atoms with E-state index in [2.05, 4.69) is 48.6 Å². The van der Waals surface area contributed by atoms with E-state index in [4.69, 9.17) is 4.42 Å². The Kier molecular flexibility index (Phi) is 10.7. The summed E-state index contributed by atoms with van der Waals surface area (Å²) in [5.41, 5.74) is 5.77. The highest BCUT2D eigenvalue weighted by molar-refractivity contribution is 5.65.